The summed E-state index contributed by atoms with van der Waals surface area (Å²) in [4.78, 5) is 41.4. The van der Waals surface area contributed by atoms with Crippen molar-refractivity contribution in [2.45, 2.75) is 0 Å². The minimum Gasteiger partial charge on any atom is -0.477 e. The van der Waals surface area contributed by atoms with Gasteiger partial charge in [0, 0.05) is 7.05 Å². The number of amides is 1. The van der Waals surface area contributed by atoms with Crippen molar-refractivity contribution in [3.63, 3.8) is 0 Å². The molecule has 0 saturated heterocycles. The number of methoxy groups -OCH3 is 1. The molecule has 0 unspecified atom stereocenters. The lowest BCUT2D eigenvalue weighted by Crippen LogP contribution is -2.27. The average Bonchev–Trinajstić information content (AvgIpc) is 3.29. The van der Waals surface area contributed by atoms with Gasteiger partial charge in [-0.2, -0.15) is 4.98 Å². The number of carboxylic acid groups (broad SMARTS) is 1. The fourth-order valence-electron chi connectivity index (χ4n) is 2.38. The molecular formula is C16H15N5O5S. The molecule has 0 bridgehead atoms. The van der Waals surface area contributed by atoms with Crippen LogP contribution in [0.2, 0.25) is 0 Å². The Bertz CT molecular complexity index is 1010. The predicted octanol–water partition coefficient (Wildman–Crippen LogP) is 1.35. The van der Waals surface area contributed by atoms with E-state index in [0.29, 0.717) is 10.6 Å². The first-order valence-corrected chi connectivity index (χ1v) is 8.54. The van der Waals surface area contributed by atoms with Crippen molar-refractivity contribution in [2.75, 3.05) is 30.9 Å². The van der Waals surface area contributed by atoms with Crippen LogP contribution in [0, 0.1) is 0 Å². The molecule has 0 atom stereocenters. The van der Waals surface area contributed by atoms with E-state index in [1.165, 1.54) is 30.6 Å². The molecule has 0 radical (unpaired) electrons. The first-order chi connectivity index (χ1) is 12.9. The van der Waals surface area contributed by atoms with Gasteiger partial charge in [0.25, 0.3) is 5.91 Å². The van der Waals surface area contributed by atoms with Crippen molar-refractivity contribution in [1.29, 1.82) is 0 Å². The number of anilines is 2. The third-order valence-electron chi connectivity index (χ3n) is 3.66. The van der Waals surface area contributed by atoms with Crippen molar-refractivity contribution in [2.24, 2.45) is 0 Å². The van der Waals surface area contributed by atoms with E-state index < -0.39 is 17.8 Å². The molecule has 0 aliphatic rings. The van der Waals surface area contributed by atoms with Crippen LogP contribution in [0.3, 0.4) is 0 Å². The van der Waals surface area contributed by atoms with Crippen LogP contribution in [0.4, 0.5) is 11.6 Å². The number of hydrogen-bond donors (Lipinski definition) is 2. The van der Waals surface area contributed by atoms with Gasteiger partial charge >= 0.3 is 11.9 Å². The van der Waals surface area contributed by atoms with Gasteiger partial charge in [-0.15, -0.1) is 16.4 Å². The largest absolute Gasteiger partial charge is 0.477 e. The minimum atomic E-state index is -1.21. The number of aromatic nitrogens is 3. The lowest BCUT2D eigenvalue weighted by molar-refractivity contribution is -0.138. The number of hydrogen-bond acceptors (Lipinski definition) is 8. The maximum atomic E-state index is 12.2. The van der Waals surface area contributed by atoms with Crippen LogP contribution in [-0.4, -0.2) is 58.3 Å². The maximum Gasteiger partial charge on any atom is 0.354 e. The van der Waals surface area contributed by atoms with E-state index in [1.807, 2.05) is 0 Å². The van der Waals surface area contributed by atoms with Gasteiger partial charge in [-0.3, -0.25) is 14.9 Å². The molecule has 3 rings (SSSR count). The molecule has 0 aliphatic heterocycles. The smallest absolute Gasteiger partial charge is 0.354 e. The van der Waals surface area contributed by atoms with Crippen LogP contribution in [0.15, 0.2) is 29.6 Å². The highest BCUT2D eigenvalue weighted by molar-refractivity contribution is 7.12. The zero-order chi connectivity index (χ0) is 19.6. The number of fused-ring (bicyclic) bond motifs is 1. The maximum absolute atomic E-state index is 12.2. The Morgan fingerprint density at radius 3 is 2.74 bits per heavy atom. The molecule has 3 aromatic rings. The highest BCUT2D eigenvalue weighted by atomic mass is 32.1. The second-order valence-corrected chi connectivity index (χ2v) is 6.39. The number of rotatable bonds is 6. The van der Waals surface area contributed by atoms with Crippen molar-refractivity contribution in [1.82, 2.24) is 14.6 Å². The summed E-state index contributed by atoms with van der Waals surface area (Å²) in [6, 6.07) is 6.24. The summed E-state index contributed by atoms with van der Waals surface area (Å²) in [5.74, 6) is -2.12. The number of esters is 1. The molecule has 2 N–H and O–H groups in total. The molecule has 10 nitrogen and oxygen atoms in total. The minimum absolute atomic E-state index is 0.0465. The Kier molecular flexibility index (Phi) is 5.03. The predicted molar refractivity (Wildman–Crippen MR) is 97.5 cm³/mol. The van der Waals surface area contributed by atoms with Crippen LogP contribution < -0.4 is 10.2 Å². The van der Waals surface area contributed by atoms with Gasteiger partial charge in [0.15, 0.2) is 11.3 Å². The van der Waals surface area contributed by atoms with Gasteiger partial charge < -0.3 is 14.7 Å². The van der Waals surface area contributed by atoms with E-state index in [-0.39, 0.29) is 23.8 Å². The summed E-state index contributed by atoms with van der Waals surface area (Å²) in [5.41, 5.74) is 0.502. The normalized spacial score (nSPS) is 10.6. The number of carbonyl (C=O) groups excluding carboxylic acids is 2. The molecule has 0 spiro atoms. The fraction of sp³-hybridized carbons (Fsp3) is 0.188. The van der Waals surface area contributed by atoms with E-state index in [1.54, 1.807) is 29.5 Å². The van der Waals surface area contributed by atoms with Gasteiger partial charge in [0.2, 0.25) is 5.95 Å². The van der Waals surface area contributed by atoms with E-state index >= 15 is 0 Å². The molecule has 140 valence electrons. The number of nitrogens with zero attached hydrogens (tertiary/aromatic N) is 4. The van der Waals surface area contributed by atoms with Crippen LogP contribution in [0.1, 0.15) is 20.2 Å². The average molecular weight is 389 g/mol. The Morgan fingerprint density at radius 1 is 1.33 bits per heavy atom. The number of ether oxygens (including phenoxy) is 1. The van der Waals surface area contributed by atoms with Crippen molar-refractivity contribution in [3.05, 3.63) is 40.2 Å². The second kappa shape index (κ2) is 7.41. The van der Waals surface area contributed by atoms with E-state index in [0.717, 1.165) is 4.52 Å². The number of likely N-dealkylation sites (N-methyl/N-ethyl adjacent to an activating group) is 1. The van der Waals surface area contributed by atoms with E-state index in [2.05, 4.69) is 20.1 Å². The summed E-state index contributed by atoms with van der Waals surface area (Å²) in [5, 5.41) is 17.8. The summed E-state index contributed by atoms with van der Waals surface area (Å²) in [6.07, 6.45) is 0. The third kappa shape index (κ3) is 3.72. The molecule has 0 aliphatic carbocycles. The Labute approximate surface area is 157 Å². The number of aromatic carboxylic acids is 1. The van der Waals surface area contributed by atoms with E-state index in [9.17, 15) is 19.5 Å². The summed E-state index contributed by atoms with van der Waals surface area (Å²) < 4.78 is 5.75. The first kappa shape index (κ1) is 18.3. The van der Waals surface area contributed by atoms with E-state index in [4.69, 9.17) is 0 Å². The number of nitrogens with one attached hydrogen (secondary N) is 1. The lowest BCUT2D eigenvalue weighted by atomic mass is 10.3. The summed E-state index contributed by atoms with van der Waals surface area (Å²) in [7, 11) is 2.90. The molecular weight excluding hydrogens is 374 g/mol. The lowest BCUT2D eigenvalue weighted by Gasteiger charge is -2.18. The van der Waals surface area contributed by atoms with Crippen LogP contribution in [0.25, 0.3) is 5.65 Å². The zero-order valence-corrected chi connectivity index (χ0v) is 15.2. The number of pyridine rings is 1. The topological polar surface area (TPSA) is 126 Å². The monoisotopic (exact) mass is 389 g/mol. The van der Waals surface area contributed by atoms with Crippen molar-refractivity contribution >= 4 is 46.5 Å². The Hall–Kier alpha value is -3.47. The standard InChI is InChI=1S/C16H15N5O5S/c1-20(8-12(22)26-2)9-5-6-10(15(24)25)21-13(9)17-16(19-21)18-14(23)11-4-3-7-27-11/h3-7H,8H2,1-2H3,(H,24,25)(H,18,19,23). The van der Waals surface area contributed by atoms with Gasteiger partial charge in [-0.25, -0.2) is 9.31 Å². The molecule has 3 heterocycles. The molecule has 0 aromatic carbocycles. The highest BCUT2D eigenvalue weighted by Crippen LogP contribution is 2.23. The highest BCUT2D eigenvalue weighted by Gasteiger charge is 2.20. The van der Waals surface area contributed by atoms with Crippen LogP contribution in [0.5, 0.6) is 0 Å². The SMILES string of the molecule is COC(=O)CN(C)c1ccc(C(=O)O)n2nc(NC(=O)c3cccs3)nc12. The van der Waals surface area contributed by atoms with Gasteiger partial charge in [0.1, 0.15) is 6.54 Å². The third-order valence-corrected chi connectivity index (χ3v) is 4.53. The summed E-state index contributed by atoms with van der Waals surface area (Å²) in [6.45, 7) is -0.0671. The zero-order valence-electron chi connectivity index (χ0n) is 14.4. The molecule has 3 aromatic heterocycles. The quantitative estimate of drug-likeness (QED) is 0.605. The molecule has 1 amide bonds. The molecule has 0 fully saturated rings. The van der Waals surface area contributed by atoms with Gasteiger partial charge in [0.05, 0.1) is 17.7 Å². The first-order valence-electron chi connectivity index (χ1n) is 7.66. The van der Waals surface area contributed by atoms with Crippen molar-refractivity contribution in [3.8, 4) is 0 Å². The molecule has 27 heavy (non-hydrogen) atoms. The van der Waals surface area contributed by atoms with Gasteiger partial charge in [-0.1, -0.05) is 6.07 Å². The van der Waals surface area contributed by atoms with Crippen molar-refractivity contribution < 1.29 is 24.2 Å². The molecule has 0 saturated carbocycles. The number of carbonyl (C=O) groups is 3. The molecule has 11 heteroatoms. The summed E-state index contributed by atoms with van der Waals surface area (Å²) >= 11 is 1.25. The fourth-order valence-corrected chi connectivity index (χ4v) is 2.99. The van der Waals surface area contributed by atoms with Crippen LogP contribution in [-0.2, 0) is 9.53 Å². The number of carboxylic acids is 1. The second-order valence-electron chi connectivity index (χ2n) is 5.44. The Morgan fingerprint density at radius 2 is 2.11 bits per heavy atom. The van der Waals surface area contributed by atoms with Crippen LogP contribution >= 0.6 is 11.3 Å². The Balaban J connectivity index is 2.01. The number of thiophene rings is 1. The van der Waals surface area contributed by atoms with Gasteiger partial charge in [-0.05, 0) is 23.6 Å².